The highest BCUT2D eigenvalue weighted by Crippen LogP contribution is 2.38. The molecule has 3 atom stereocenters. The van der Waals surface area contributed by atoms with Gasteiger partial charge in [-0.3, -0.25) is 24.2 Å². The zero-order valence-electron chi connectivity index (χ0n) is 19.0. The smallest absolute Gasteiger partial charge is 0.308 e. The Morgan fingerprint density at radius 3 is 2.16 bits per heavy atom. The molecule has 0 aromatic carbocycles. The van der Waals surface area contributed by atoms with Crippen molar-refractivity contribution in [2.75, 3.05) is 44.2 Å². The van der Waals surface area contributed by atoms with Crippen LogP contribution in [0.3, 0.4) is 0 Å². The molecular weight excluding hydrogens is 410 g/mol. The molecule has 3 aliphatic rings. The molecule has 0 spiro atoms. The normalized spacial score (nSPS) is 25.2. The standard InChI is InChI=1S/C23H33N5O4/c1-16(2)22(31)32-17(15-28-20(29)18-6-3-4-7-19(18)21(28)30)14-26-10-12-27(13-11-26)23-24-8-5-9-25-23/h5,8-9,16-19H,3-4,6-7,10-15H2,1-2H3. The number of imide groups is 1. The topological polar surface area (TPSA) is 95.9 Å². The van der Waals surface area contributed by atoms with Crippen molar-refractivity contribution in [1.29, 1.82) is 0 Å². The van der Waals surface area contributed by atoms with Crippen molar-refractivity contribution in [3.8, 4) is 0 Å². The number of aromatic nitrogens is 2. The monoisotopic (exact) mass is 443 g/mol. The average Bonchev–Trinajstić information content (AvgIpc) is 3.05. The number of carbonyl (C=O) groups is 3. The van der Waals surface area contributed by atoms with Crippen LogP contribution in [0.25, 0.3) is 0 Å². The minimum absolute atomic E-state index is 0.0867. The lowest BCUT2D eigenvalue weighted by molar-refractivity contribution is -0.158. The highest BCUT2D eigenvalue weighted by atomic mass is 16.5. The molecule has 0 N–H and O–H groups in total. The van der Waals surface area contributed by atoms with E-state index in [-0.39, 0.29) is 42.1 Å². The molecule has 1 saturated carbocycles. The van der Waals surface area contributed by atoms with Crippen LogP contribution >= 0.6 is 0 Å². The maximum atomic E-state index is 12.9. The van der Waals surface area contributed by atoms with Crippen molar-refractivity contribution >= 4 is 23.7 Å². The Kier molecular flexibility index (Phi) is 7.03. The SMILES string of the molecule is CC(C)C(=O)OC(CN1CCN(c2ncccn2)CC1)CN1C(=O)C2CCCCC2C1=O. The number of ether oxygens (including phenoxy) is 1. The van der Waals surface area contributed by atoms with Crippen LogP contribution in [0.2, 0.25) is 0 Å². The Balaban J connectivity index is 1.39. The van der Waals surface area contributed by atoms with Gasteiger partial charge in [-0.1, -0.05) is 26.7 Å². The van der Waals surface area contributed by atoms with Crippen molar-refractivity contribution in [3.05, 3.63) is 18.5 Å². The summed E-state index contributed by atoms with van der Waals surface area (Å²) in [4.78, 5) is 52.6. The molecule has 9 heteroatoms. The molecule has 1 aromatic rings. The molecule has 0 radical (unpaired) electrons. The van der Waals surface area contributed by atoms with Crippen LogP contribution in [0.1, 0.15) is 39.5 Å². The van der Waals surface area contributed by atoms with Gasteiger partial charge in [0.25, 0.3) is 0 Å². The van der Waals surface area contributed by atoms with Gasteiger partial charge in [0.2, 0.25) is 17.8 Å². The van der Waals surface area contributed by atoms with Crippen LogP contribution in [0.5, 0.6) is 0 Å². The molecule has 3 heterocycles. The maximum absolute atomic E-state index is 12.9. The predicted octanol–water partition coefficient (Wildman–Crippen LogP) is 1.34. The second-order valence-corrected chi connectivity index (χ2v) is 9.33. The largest absolute Gasteiger partial charge is 0.459 e. The first-order valence-electron chi connectivity index (χ1n) is 11.7. The van der Waals surface area contributed by atoms with Crippen molar-refractivity contribution in [3.63, 3.8) is 0 Å². The third kappa shape index (κ3) is 4.92. The van der Waals surface area contributed by atoms with Crippen LogP contribution in [-0.4, -0.2) is 82.9 Å². The fourth-order valence-corrected chi connectivity index (χ4v) is 4.92. The molecule has 2 aliphatic heterocycles. The number of piperazine rings is 1. The van der Waals surface area contributed by atoms with Crippen LogP contribution in [0.15, 0.2) is 18.5 Å². The highest BCUT2D eigenvalue weighted by molar-refractivity contribution is 6.05. The lowest BCUT2D eigenvalue weighted by Crippen LogP contribution is -2.52. The minimum atomic E-state index is -0.530. The van der Waals surface area contributed by atoms with Gasteiger partial charge >= 0.3 is 5.97 Å². The number of amides is 2. The Bertz CT molecular complexity index is 801. The molecule has 2 amide bonds. The van der Waals surface area contributed by atoms with Crippen molar-refractivity contribution in [2.24, 2.45) is 17.8 Å². The highest BCUT2D eigenvalue weighted by Gasteiger charge is 2.48. The lowest BCUT2D eigenvalue weighted by Gasteiger charge is -2.36. The van der Waals surface area contributed by atoms with Gasteiger partial charge in [0, 0.05) is 45.1 Å². The van der Waals surface area contributed by atoms with Crippen molar-refractivity contribution in [1.82, 2.24) is 19.8 Å². The molecule has 1 aromatic heterocycles. The summed E-state index contributed by atoms with van der Waals surface area (Å²) in [6, 6.07) is 1.80. The first-order valence-corrected chi connectivity index (χ1v) is 11.7. The Labute approximate surface area is 189 Å². The summed E-state index contributed by atoms with van der Waals surface area (Å²) in [6.07, 6.45) is 6.50. The molecule has 3 fully saturated rings. The zero-order chi connectivity index (χ0) is 22.7. The molecule has 3 unspecified atom stereocenters. The average molecular weight is 444 g/mol. The number of likely N-dealkylation sites (tertiary alicyclic amines) is 1. The van der Waals surface area contributed by atoms with Gasteiger partial charge < -0.3 is 9.64 Å². The Morgan fingerprint density at radius 1 is 1.00 bits per heavy atom. The summed E-state index contributed by atoms with van der Waals surface area (Å²) >= 11 is 0. The van der Waals surface area contributed by atoms with Crippen LogP contribution < -0.4 is 4.90 Å². The van der Waals surface area contributed by atoms with Crippen LogP contribution in [0, 0.1) is 17.8 Å². The van der Waals surface area contributed by atoms with Crippen LogP contribution in [-0.2, 0) is 19.1 Å². The maximum Gasteiger partial charge on any atom is 0.308 e. The first kappa shape index (κ1) is 22.6. The molecular formula is C23H33N5O4. The second-order valence-electron chi connectivity index (χ2n) is 9.33. The first-order chi connectivity index (χ1) is 15.4. The van der Waals surface area contributed by atoms with Crippen molar-refractivity contribution in [2.45, 2.75) is 45.6 Å². The number of rotatable bonds is 7. The van der Waals surface area contributed by atoms with Gasteiger partial charge in [0.1, 0.15) is 6.10 Å². The molecule has 9 nitrogen and oxygen atoms in total. The molecule has 174 valence electrons. The third-order valence-corrected chi connectivity index (χ3v) is 6.74. The van der Waals surface area contributed by atoms with Gasteiger partial charge in [-0.15, -0.1) is 0 Å². The molecule has 4 rings (SSSR count). The van der Waals surface area contributed by atoms with Gasteiger partial charge in [-0.05, 0) is 18.9 Å². The number of carbonyl (C=O) groups excluding carboxylic acids is 3. The summed E-state index contributed by atoms with van der Waals surface area (Å²) in [7, 11) is 0. The van der Waals surface area contributed by atoms with E-state index < -0.39 is 6.10 Å². The Morgan fingerprint density at radius 2 is 1.59 bits per heavy atom. The number of esters is 1. The quantitative estimate of drug-likeness (QED) is 0.460. The number of anilines is 1. The molecule has 32 heavy (non-hydrogen) atoms. The zero-order valence-corrected chi connectivity index (χ0v) is 19.0. The Hall–Kier alpha value is -2.55. The van der Waals surface area contributed by atoms with E-state index in [2.05, 4.69) is 19.8 Å². The van der Waals surface area contributed by atoms with Crippen LogP contribution in [0.4, 0.5) is 5.95 Å². The summed E-state index contributed by atoms with van der Waals surface area (Å²) in [5.41, 5.74) is 0. The molecule has 2 saturated heterocycles. The van der Waals surface area contributed by atoms with E-state index in [4.69, 9.17) is 4.74 Å². The third-order valence-electron chi connectivity index (χ3n) is 6.74. The number of fused-ring (bicyclic) bond motifs is 1. The van der Waals surface area contributed by atoms with Gasteiger partial charge in [-0.2, -0.15) is 0 Å². The predicted molar refractivity (Wildman–Crippen MR) is 118 cm³/mol. The summed E-state index contributed by atoms with van der Waals surface area (Å²) in [5, 5.41) is 0. The summed E-state index contributed by atoms with van der Waals surface area (Å²) in [6.45, 7) is 7.28. The number of nitrogens with zero attached hydrogens (tertiary/aromatic N) is 5. The fraction of sp³-hybridized carbons (Fsp3) is 0.696. The molecule has 0 bridgehead atoms. The minimum Gasteiger partial charge on any atom is -0.459 e. The summed E-state index contributed by atoms with van der Waals surface area (Å²) in [5.74, 6) is -0.405. The van der Waals surface area contributed by atoms with Gasteiger partial charge in [0.05, 0.1) is 24.3 Å². The second kappa shape index (κ2) is 9.94. The number of hydrogen-bond donors (Lipinski definition) is 0. The van der Waals surface area contributed by atoms with Gasteiger partial charge in [0.15, 0.2) is 0 Å². The van der Waals surface area contributed by atoms with E-state index in [1.807, 2.05) is 0 Å². The van der Waals surface area contributed by atoms with E-state index in [1.54, 1.807) is 32.3 Å². The van der Waals surface area contributed by atoms with E-state index in [9.17, 15) is 14.4 Å². The molecule has 1 aliphatic carbocycles. The van der Waals surface area contributed by atoms with E-state index in [0.717, 1.165) is 51.9 Å². The van der Waals surface area contributed by atoms with Gasteiger partial charge in [-0.25, -0.2) is 9.97 Å². The number of hydrogen-bond acceptors (Lipinski definition) is 8. The van der Waals surface area contributed by atoms with E-state index in [0.29, 0.717) is 12.5 Å². The van der Waals surface area contributed by atoms with Crippen molar-refractivity contribution < 1.29 is 19.1 Å². The van der Waals surface area contributed by atoms with E-state index in [1.165, 1.54) is 4.90 Å². The summed E-state index contributed by atoms with van der Waals surface area (Å²) < 4.78 is 5.77. The fourth-order valence-electron chi connectivity index (χ4n) is 4.92. The van der Waals surface area contributed by atoms with E-state index >= 15 is 0 Å². The lowest BCUT2D eigenvalue weighted by atomic mass is 9.81.